The Bertz CT molecular complexity index is 1350. The summed E-state index contributed by atoms with van der Waals surface area (Å²) in [6.07, 6.45) is 3.07. The number of nitrogen functional groups attached to an aromatic ring is 1. The van der Waals surface area contributed by atoms with Crippen molar-refractivity contribution in [3.05, 3.63) is 77.5 Å². The van der Waals surface area contributed by atoms with Crippen LogP contribution in [-0.2, 0) is 22.7 Å². The fraction of sp³-hybridized carbons (Fsp3) is 0.367. The number of fused-ring (bicyclic) bond motifs is 5. The number of aromatic nitrogens is 1. The number of hydrogen-bond donors (Lipinski definition) is 3. The molecule has 2 amide bonds. The Morgan fingerprint density at radius 1 is 1.12 bits per heavy atom. The highest BCUT2D eigenvalue weighted by atomic mass is 16.5. The van der Waals surface area contributed by atoms with Gasteiger partial charge in [0.2, 0.25) is 5.91 Å². The van der Waals surface area contributed by atoms with Crippen LogP contribution in [0.3, 0.4) is 0 Å². The molecule has 2 aliphatic heterocycles. The average Bonchev–Trinajstić information content (AvgIpc) is 2.95. The molecule has 4 N–H and O–H groups in total. The van der Waals surface area contributed by atoms with E-state index in [1.807, 2.05) is 36.4 Å². The third-order valence-corrected chi connectivity index (χ3v) is 7.14. The fourth-order valence-electron chi connectivity index (χ4n) is 5.05. The maximum absolute atomic E-state index is 12.9. The largest absolute Gasteiger partial charge is 0.497 e. The molecular weight excluding hydrogens is 510 g/mol. The SMILES string of the molecule is COc1cc2cc(c1)C(=O)NCCCC(=O)N[C@H]1CN(Cc3cccnc3N)CC[C@@H]1OCc1cccc(c1)O2. The Hall–Kier alpha value is -4.15. The van der Waals surface area contributed by atoms with Gasteiger partial charge in [0.1, 0.15) is 23.1 Å². The second-order valence-corrected chi connectivity index (χ2v) is 10.1. The van der Waals surface area contributed by atoms with Crippen molar-refractivity contribution in [3.8, 4) is 17.2 Å². The summed E-state index contributed by atoms with van der Waals surface area (Å²) in [5.74, 6) is 1.81. The van der Waals surface area contributed by atoms with Crippen molar-refractivity contribution in [3.63, 3.8) is 0 Å². The molecule has 2 atom stereocenters. The predicted octanol–water partition coefficient (Wildman–Crippen LogP) is 3.26. The number of piperidine rings is 1. The number of nitrogens with one attached hydrogen (secondary N) is 2. The van der Waals surface area contributed by atoms with Crippen LogP contribution >= 0.6 is 0 Å². The van der Waals surface area contributed by atoms with Crippen LogP contribution in [0.2, 0.25) is 0 Å². The number of carbonyl (C=O) groups is 2. The molecule has 0 unspecified atom stereocenters. The quantitative estimate of drug-likeness (QED) is 0.458. The summed E-state index contributed by atoms with van der Waals surface area (Å²) >= 11 is 0. The molecule has 2 aromatic carbocycles. The molecule has 3 aromatic rings. The van der Waals surface area contributed by atoms with Crippen molar-refractivity contribution in [1.82, 2.24) is 20.5 Å². The van der Waals surface area contributed by atoms with E-state index in [0.717, 1.165) is 24.1 Å². The minimum absolute atomic E-state index is 0.0734. The first kappa shape index (κ1) is 27.4. The second kappa shape index (κ2) is 12.8. The van der Waals surface area contributed by atoms with Crippen LogP contribution in [-0.4, -0.2) is 60.6 Å². The van der Waals surface area contributed by atoms with Gasteiger partial charge in [-0.25, -0.2) is 4.98 Å². The molecule has 3 heterocycles. The molecule has 0 radical (unpaired) electrons. The number of carbonyl (C=O) groups excluding carboxylic acids is 2. The van der Waals surface area contributed by atoms with Crippen LogP contribution < -0.4 is 25.8 Å². The van der Waals surface area contributed by atoms with Gasteiger partial charge in [-0.3, -0.25) is 14.5 Å². The monoisotopic (exact) mass is 545 g/mol. The molecule has 10 nitrogen and oxygen atoms in total. The molecule has 0 aliphatic carbocycles. The zero-order valence-corrected chi connectivity index (χ0v) is 22.6. The van der Waals surface area contributed by atoms with Gasteiger partial charge in [-0.15, -0.1) is 0 Å². The van der Waals surface area contributed by atoms with Crippen molar-refractivity contribution < 1.29 is 23.8 Å². The third-order valence-electron chi connectivity index (χ3n) is 7.14. The lowest BCUT2D eigenvalue weighted by Crippen LogP contribution is -2.55. The average molecular weight is 546 g/mol. The van der Waals surface area contributed by atoms with E-state index < -0.39 is 0 Å². The summed E-state index contributed by atoms with van der Waals surface area (Å²) in [5, 5.41) is 6.07. The lowest BCUT2D eigenvalue weighted by Gasteiger charge is -2.39. The first-order chi connectivity index (χ1) is 19.5. The molecule has 10 heteroatoms. The number of rotatable bonds is 3. The van der Waals surface area contributed by atoms with Crippen molar-refractivity contribution in [2.24, 2.45) is 0 Å². The normalized spacial score (nSPS) is 20.6. The minimum atomic E-state index is -0.259. The molecule has 0 saturated carbocycles. The maximum atomic E-state index is 12.9. The summed E-state index contributed by atoms with van der Waals surface area (Å²) in [6.45, 7) is 2.81. The number of hydrogen-bond acceptors (Lipinski definition) is 8. The van der Waals surface area contributed by atoms with E-state index >= 15 is 0 Å². The fourth-order valence-corrected chi connectivity index (χ4v) is 5.05. The lowest BCUT2D eigenvalue weighted by atomic mass is 10.0. The number of nitrogens with two attached hydrogens (primary N) is 1. The van der Waals surface area contributed by atoms with E-state index in [4.69, 9.17) is 19.9 Å². The number of pyridine rings is 1. The van der Waals surface area contributed by atoms with Gasteiger partial charge in [0.25, 0.3) is 5.91 Å². The Kier molecular flexibility index (Phi) is 8.78. The molecule has 5 rings (SSSR count). The van der Waals surface area contributed by atoms with Gasteiger partial charge < -0.3 is 30.6 Å². The molecule has 1 fully saturated rings. The van der Waals surface area contributed by atoms with E-state index in [-0.39, 0.29) is 30.4 Å². The van der Waals surface area contributed by atoms with Crippen LogP contribution in [0.4, 0.5) is 5.82 Å². The highest BCUT2D eigenvalue weighted by molar-refractivity contribution is 5.95. The van der Waals surface area contributed by atoms with Gasteiger partial charge in [-0.2, -0.15) is 0 Å². The van der Waals surface area contributed by atoms with E-state index in [0.29, 0.717) is 61.3 Å². The first-order valence-corrected chi connectivity index (χ1v) is 13.5. The van der Waals surface area contributed by atoms with Crippen LogP contribution in [0.5, 0.6) is 17.2 Å². The maximum Gasteiger partial charge on any atom is 0.251 e. The summed E-state index contributed by atoms with van der Waals surface area (Å²) < 4.78 is 17.9. The van der Waals surface area contributed by atoms with Crippen molar-refractivity contribution in [2.75, 3.05) is 32.5 Å². The Morgan fingerprint density at radius 2 is 2.02 bits per heavy atom. The Labute approximate surface area is 233 Å². The summed E-state index contributed by atoms with van der Waals surface area (Å²) in [4.78, 5) is 32.2. The Morgan fingerprint density at radius 3 is 2.88 bits per heavy atom. The van der Waals surface area contributed by atoms with Crippen LogP contribution in [0, 0.1) is 0 Å². The van der Waals surface area contributed by atoms with Crippen molar-refractivity contribution in [1.29, 1.82) is 0 Å². The van der Waals surface area contributed by atoms with Crippen molar-refractivity contribution >= 4 is 17.6 Å². The topological polar surface area (TPSA) is 128 Å². The molecule has 4 bridgehead atoms. The summed E-state index contributed by atoms with van der Waals surface area (Å²) in [7, 11) is 1.54. The molecule has 2 aliphatic rings. The first-order valence-electron chi connectivity index (χ1n) is 13.5. The lowest BCUT2D eigenvalue weighted by molar-refractivity contribution is -0.124. The van der Waals surface area contributed by atoms with E-state index in [2.05, 4.69) is 20.5 Å². The summed E-state index contributed by atoms with van der Waals surface area (Å²) in [6, 6.07) is 16.4. The van der Waals surface area contributed by atoms with Gasteiger partial charge in [0.15, 0.2) is 0 Å². The highest BCUT2D eigenvalue weighted by Gasteiger charge is 2.31. The van der Waals surface area contributed by atoms with Gasteiger partial charge >= 0.3 is 0 Å². The number of anilines is 1. The molecular formula is C30H35N5O5. The number of nitrogens with zero attached hydrogens (tertiary/aromatic N) is 2. The van der Waals surface area contributed by atoms with E-state index in [9.17, 15) is 9.59 Å². The van der Waals surface area contributed by atoms with Crippen LogP contribution in [0.1, 0.15) is 40.7 Å². The number of amides is 2. The zero-order chi connectivity index (χ0) is 27.9. The van der Waals surface area contributed by atoms with Gasteiger partial charge in [-0.1, -0.05) is 18.2 Å². The number of ether oxygens (including phenoxy) is 3. The minimum Gasteiger partial charge on any atom is -0.497 e. The van der Waals surface area contributed by atoms with E-state index in [1.54, 1.807) is 31.5 Å². The highest BCUT2D eigenvalue weighted by Crippen LogP contribution is 2.29. The molecule has 210 valence electrons. The van der Waals surface area contributed by atoms with Gasteiger partial charge in [-0.05, 0) is 48.7 Å². The molecule has 40 heavy (non-hydrogen) atoms. The zero-order valence-electron chi connectivity index (χ0n) is 22.6. The third kappa shape index (κ3) is 7.08. The number of likely N-dealkylation sites (tertiary alicyclic amines) is 1. The van der Waals surface area contributed by atoms with Crippen molar-refractivity contribution in [2.45, 2.75) is 44.6 Å². The standard InChI is InChI=1S/C30H35N5O5/c1-38-24-14-22-15-25(16-24)40-23-7-2-5-20(13-23)19-39-27-9-12-35(17-21-6-3-10-32-29(21)31)18-26(27)34-28(36)8-4-11-33-30(22)37/h2-3,5-7,10,13-16,26-27H,4,8-9,11-12,17-19H2,1H3,(H2,31,32)(H,33,37)(H,34,36)/t26-,27-/m0/s1. The van der Waals surface area contributed by atoms with Gasteiger partial charge in [0, 0.05) is 56.0 Å². The molecule has 1 saturated heterocycles. The van der Waals surface area contributed by atoms with Gasteiger partial charge in [0.05, 0.1) is 25.9 Å². The molecule has 0 spiro atoms. The molecule has 1 aromatic heterocycles. The Balaban J connectivity index is 1.35. The number of benzene rings is 2. The number of methoxy groups -OCH3 is 1. The van der Waals surface area contributed by atoms with E-state index in [1.165, 1.54) is 0 Å². The summed E-state index contributed by atoms with van der Waals surface area (Å²) in [5.41, 5.74) is 8.39. The second-order valence-electron chi connectivity index (χ2n) is 10.1. The predicted molar refractivity (Wildman–Crippen MR) is 150 cm³/mol. The van der Waals surface area contributed by atoms with Crippen LogP contribution in [0.15, 0.2) is 60.8 Å². The van der Waals surface area contributed by atoms with Crippen LogP contribution in [0.25, 0.3) is 0 Å². The smallest absolute Gasteiger partial charge is 0.251 e.